The third-order valence-corrected chi connectivity index (χ3v) is 7.74. The molecule has 1 aromatic carbocycles. The van der Waals surface area contributed by atoms with Crippen molar-refractivity contribution in [1.82, 2.24) is 4.90 Å². The van der Waals surface area contributed by atoms with E-state index in [1.807, 2.05) is 19.1 Å². The number of nitrogens with zero attached hydrogens (tertiary/aromatic N) is 1. The Labute approximate surface area is 165 Å². The number of carbonyl (C=O) groups excluding carboxylic acids is 1. The summed E-state index contributed by atoms with van der Waals surface area (Å²) in [6, 6.07) is 6.33. The van der Waals surface area contributed by atoms with Crippen LogP contribution in [-0.4, -0.2) is 55.4 Å². The third kappa shape index (κ3) is 2.02. The van der Waals surface area contributed by atoms with Crippen molar-refractivity contribution in [1.29, 1.82) is 0 Å². The number of anilines is 1. The SMILES string of the molecule is COC(=O)C1=C2Nc3cc(OC)ccc3[C@@]23CCN2CCC[C@@]([C@@H](C)O)(C1)[C@H]23. The second-order valence-electron chi connectivity index (χ2n) is 8.73. The van der Waals surface area contributed by atoms with Crippen molar-refractivity contribution < 1.29 is 19.4 Å². The Balaban J connectivity index is 1.80. The predicted octanol–water partition coefficient (Wildman–Crippen LogP) is 2.42. The highest BCUT2D eigenvalue weighted by atomic mass is 16.5. The molecule has 6 nitrogen and oxygen atoms in total. The number of hydrogen-bond donors (Lipinski definition) is 2. The first-order valence-corrected chi connectivity index (χ1v) is 10.2. The summed E-state index contributed by atoms with van der Waals surface area (Å²) in [5.74, 6) is 0.506. The molecule has 5 rings (SSSR count). The van der Waals surface area contributed by atoms with Crippen molar-refractivity contribution in [2.45, 2.75) is 50.2 Å². The molecule has 3 aliphatic heterocycles. The van der Waals surface area contributed by atoms with E-state index in [0.717, 1.165) is 49.5 Å². The fourth-order valence-corrected chi connectivity index (χ4v) is 6.64. The van der Waals surface area contributed by atoms with Gasteiger partial charge in [0.2, 0.25) is 0 Å². The molecule has 0 radical (unpaired) electrons. The maximum Gasteiger partial charge on any atom is 0.335 e. The zero-order valence-electron chi connectivity index (χ0n) is 16.7. The number of fused-ring (bicyclic) bond motifs is 1. The van der Waals surface area contributed by atoms with Crippen molar-refractivity contribution in [3.8, 4) is 5.75 Å². The number of rotatable bonds is 3. The number of ether oxygens (including phenoxy) is 2. The normalized spacial score (nSPS) is 34.2. The van der Waals surface area contributed by atoms with Crippen LogP contribution in [-0.2, 0) is 14.9 Å². The lowest BCUT2D eigenvalue weighted by molar-refractivity contribution is -0.138. The van der Waals surface area contributed by atoms with Crippen molar-refractivity contribution in [3.05, 3.63) is 35.0 Å². The van der Waals surface area contributed by atoms with Crippen LogP contribution in [0.5, 0.6) is 5.75 Å². The minimum Gasteiger partial charge on any atom is -0.497 e. The standard InChI is InChI=1S/C22H28N2O4/c1-13(25)21-7-4-9-24-10-8-22(20(21)24)16-6-5-14(27-2)11-17(16)23-18(22)15(12-21)19(26)28-3/h5-6,11,13,20,23,25H,4,7-10,12H2,1-3H3/t13-,20+,21+,22+/m1/s1. The van der Waals surface area contributed by atoms with Crippen LogP contribution in [0, 0.1) is 5.41 Å². The lowest BCUT2D eigenvalue weighted by atomic mass is 9.53. The highest BCUT2D eigenvalue weighted by Crippen LogP contribution is 2.65. The summed E-state index contributed by atoms with van der Waals surface area (Å²) in [7, 11) is 3.11. The van der Waals surface area contributed by atoms with E-state index < -0.39 is 6.10 Å². The minimum atomic E-state index is -0.501. The van der Waals surface area contributed by atoms with E-state index in [2.05, 4.69) is 16.3 Å². The van der Waals surface area contributed by atoms with E-state index in [1.54, 1.807) is 7.11 Å². The van der Waals surface area contributed by atoms with Crippen molar-refractivity contribution in [2.75, 3.05) is 32.6 Å². The number of methoxy groups -OCH3 is 2. The lowest BCUT2D eigenvalue weighted by Crippen LogP contribution is -2.63. The first-order valence-electron chi connectivity index (χ1n) is 10.2. The minimum absolute atomic E-state index is 0.180. The van der Waals surface area contributed by atoms with E-state index in [0.29, 0.717) is 12.0 Å². The van der Waals surface area contributed by atoms with E-state index in [1.165, 1.54) is 12.7 Å². The average molecular weight is 384 g/mol. The number of piperidine rings is 1. The van der Waals surface area contributed by atoms with Gasteiger partial charge in [-0.1, -0.05) is 6.07 Å². The van der Waals surface area contributed by atoms with Crippen LogP contribution in [0.2, 0.25) is 0 Å². The number of hydrogen-bond acceptors (Lipinski definition) is 6. The summed E-state index contributed by atoms with van der Waals surface area (Å²) in [6.45, 7) is 3.92. The van der Waals surface area contributed by atoms with Gasteiger partial charge in [0.15, 0.2) is 0 Å². The fraction of sp³-hybridized carbons (Fsp3) is 0.591. The summed E-state index contributed by atoms with van der Waals surface area (Å²) < 4.78 is 10.6. The molecule has 2 fully saturated rings. The molecule has 1 aliphatic carbocycles. The Morgan fingerprint density at radius 2 is 2.14 bits per heavy atom. The van der Waals surface area contributed by atoms with Gasteiger partial charge in [0.05, 0.1) is 31.3 Å². The molecule has 1 spiro atoms. The molecule has 150 valence electrons. The smallest absolute Gasteiger partial charge is 0.335 e. The molecule has 4 atom stereocenters. The van der Waals surface area contributed by atoms with Gasteiger partial charge in [-0.15, -0.1) is 0 Å². The summed E-state index contributed by atoms with van der Waals surface area (Å²) in [5, 5.41) is 14.6. The van der Waals surface area contributed by atoms with Gasteiger partial charge in [-0.05, 0) is 57.3 Å². The molecular weight excluding hydrogens is 356 g/mol. The lowest BCUT2D eigenvalue weighted by Gasteiger charge is -2.57. The molecule has 0 aromatic heterocycles. The van der Waals surface area contributed by atoms with Gasteiger partial charge >= 0.3 is 5.97 Å². The van der Waals surface area contributed by atoms with Crippen LogP contribution < -0.4 is 10.1 Å². The van der Waals surface area contributed by atoms with E-state index in [9.17, 15) is 9.90 Å². The van der Waals surface area contributed by atoms with Gasteiger partial charge in [-0.2, -0.15) is 0 Å². The number of nitrogens with one attached hydrogen (secondary N) is 1. The molecule has 0 unspecified atom stereocenters. The van der Waals surface area contributed by atoms with Crippen LogP contribution in [0.4, 0.5) is 5.69 Å². The Bertz CT molecular complexity index is 879. The first-order chi connectivity index (χ1) is 13.5. The predicted molar refractivity (Wildman–Crippen MR) is 105 cm³/mol. The summed E-state index contributed by atoms with van der Waals surface area (Å²) in [5.41, 5.74) is 3.24. The maximum absolute atomic E-state index is 12.9. The van der Waals surface area contributed by atoms with Crippen LogP contribution in [0.3, 0.4) is 0 Å². The largest absolute Gasteiger partial charge is 0.497 e. The molecule has 4 aliphatic rings. The molecule has 2 N–H and O–H groups in total. The molecule has 0 bridgehead atoms. The third-order valence-electron chi connectivity index (χ3n) is 7.74. The Kier molecular flexibility index (Phi) is 3.84. The Morgan fingerprint density at radius 3 is 2.86 bits per heavy atom. The van der Waals surface area contributed by atoms with Crippen LogP contribution in [0.25, 0.3) is 0 Å². The average Bonchev–Trinajstić information content (AvgIpc) is 3.26. The topological polar surface area (TPSA) is 71.0 Å². The second kappa shape index (κ2) is 5.97. The molecule has 28 heavy (non-hydrogen) atoms. The van der Waals surface area contributed by atoms with Gasteiger partial charge in [0.1, 0.15) is 5.75 Å². The van der Waals surface area contributed by atoms with Gasteiger partial charge < -0.3 is 19.9 Å². The summed E-state index contributed by atoms with van der Waals surface area (Å²) >= 11 is 0. The van der Waals surface area contributed by atoms with Crippen LogP contribution in [0.1, 0.15) is 38.2 Å². The number of benzene rings is 1. The van der Waals surface area contributed by atoms with Crippen molar-refractivity contribution >= 4 is 11.7 Å². The fourth-order valence-electron chi connectivity index (χ4n) is 6.64. The van der Waals surface area contributed by atoms with Crippen molar-refractivity contribution in [2.24, 2.45) is 5.41 Å². The monoisotopic (exact) mass is 384 g/mol. The molecule has 6 heteroatoms. The van der Waals surface area contributed by atoms with E-state index in [-0.39, 0.29) is 22.8 Å². The number of esters is 1. The molecule has 0 saturated carbocycles. The van der Waals surface area contributed by atoms with Crippen LogP contribution >= 0.6 is 0 Å². The van der Waals surface area contributed by atoms with Gasteiger partial charge in [0, 0.05) is 28.9 Å². The zero-order chi connectivity index (χ0) is 19.7. The molecular formula is C22H28N2O4. The summed E-state index contributed by atoms with van der Waals surface area (Å²) in [6.07, 6.45) is 2.96. The van der Waals surface area contributed by atoms with E-state index in [4.69, 9.17) is 9.47 Å². The van der Waals surface area contributed by atoms with Crippen molar-refractivity contribution in [3.63, 3.8) is 0 Å². The number of aliphatic hydroxyl groups is 1. The van der Waals surface area contributed by atoms with Gasteiger partial charge in [-0.25, -0.2) is 4.79 Å². The van der Waals surface area contributed by atoms with Crippen LogP contribution in [0.15, 0.2) is 29.5 Å². The highest BCUT2D eigenvalue weighted by molar-refractivity contribution is 5.93. The highest BCUT2D eigenvalue weighted by Gasteiger charge is 2.67. The molecule has 0 amide bonds. The molecule has 1 aromatic rings. The number of aliphatic hydroxyl groups excluding tert-OH is 1. The van der Waals surface area contributed by atoms with Gasteiger partial charge in [0.25, 0.3) is 0 Å². The van der Waals surface area contributed by atoms with Gasteiger partial charge in [-0.3, -0.25) is 4.90 Å². The molecule has 3 heterocycles. The second-order valence-corrected chi connectivity index (χ2v) is 8.73. The number of carbonyl (C=O) groups is 1. The molecule has 2 saturated heterocycles. The maximum atomic E-state index is 12.9. The zero-order valence-corrected chi connectivity index (χ0v) is 16.7. The Morgan fingerprint density at radius 1 is 1.32 bits per heavy atom. The van der Waals surface area contributed by atoms with E-state index >= 15 is 0 Å². The quantitative estimate of drug-likeness (QED) is 0.780. The summed E-state index contributed by atoms with van der Waals surface area (Å²) in [4.78, 5) is 15.4. The Hall–Kier alpha value is -2.05. The first kappa shape index (κ1) is 18.0.